The zero-order chi connectivity index (χ0) is 15.7. The Bertz CT molecular complexity index is 741. The van der Waals surface area contributed by atoms with Crippen molar-refractivity contribution < 1.29 is 9.53 Å². The maximum absolute atomic E-state index is 12.3. The predicted molar refractivity (Wildman–Crippen MR) is 83.8 cm³/mol. The predicted octanol–water partition coefficient (Wildman–Crippen LogP) is 1.02. The molecule has 1 N–H and O–H groups in total. The molecule has 1 saturated heterocycles. The zero-order valence-electron chi connectivity index (χ0n) is 12.9. The molecule has 22 heavy (non-hydrogen) atoms. The maximum Gasteiger partial charge on any atom is 0.329 e. The van der Waals surface area contributed by atoms with Crippen molar-refractivity contribution in [3.05, 3.63) is 34.7 Å². The Hall–Kier alpha value is -2.08. The van der Waals surface area contributed by atoms with Gasteiger partial charge in [0.2, 0.25) is 5.91 Å². The molecule has 1 amide bonds. The van der Waals surface area contributed by atoms with Gasteiger partial charge in [0, 0.05) is 13.7 Å². The highest BCUT2D eigenvalue weighted by Gasteiger charge is 2.24. The number of hydrogen-bond acceptors (Lipinski definition) is 3. The number of para-hydroxylation sites is 2. The topological polar surface area (TPSA) is 65.3 Å². The van der Waals surface area contributed by atoms with Crippen LogP contribution in [0.1, 0.15) is 19.8 Å². The molecule has 1 aliphatic rings. The molecule has 6 nitrogen and oxygen atoms in total. The van der Waals surface area contributed by atoms with Gasteiger partial charge in [0.05, 0.1) is 23.2 Å². The number of carbonyl (C=O) groups is 1. The number of benzene rings is 1. The van der Waals surface area contributed by atoms with Crippen LogP contribution in [-0.2, 0) is 23.1 Å². The smallest absolute Gasteiger partial charge is 0.329 e. The van der Waals surface area contributed by atoms with Gasteiger partial charge in [0.25, 0.3) is 0 Å². The Labute approximate surface area is 128 Å². The first-order valence-corrected chi connectivity index (χ1v) is 7.63. The van der Waals surface area contributed by atoms with Gasteiger partial charge in [-0.2, -0.15) is 0 Å². The van der Waals surface area contributed by atoms with E-state index in [1.165, 1.54) is 4.57 Å². The average Bonchev–Trinajstić information content (AvgIpc) is 3.12. The molecule has 0 unspecified atom stereocenters. The third-order valence-corrected chi connectivity index (χ3v) is 4.26. The molecule has 2 aromatic rings. The van der Waals surface area contributed by atoms with Gasteiger partial charge in [-0.3, -0.25) is 13.9 Å². The van der Waals surface area contributed by atoms with E-state index in [2.05, 4.69) is 5.32 Å². The molecule has 1 aliphatic heterocycles. The minimum Gasteiger partial charge on any atom is -0.376 e. The van der Waals surface area contributed by atoms with Crippen LogP contribution in [0.3, 0.4) is 0 Å². The largest absolute Gasteiger partial charge is 0.376 e. The minimum atomic E-state index is -0.180. The molecule has 1 fully saturated rings. The lowest BCUT2D eigenvalue weighted by atomic mass is 10.1. The molecule has 6 heteroatoms. The van der Waals surface area contributed by atoms with Crippen LogP contribution in [0.4, 0.5) is 0 Å². The molecule has 2 atom stereocenters. The summed E-state index contributed by atoms with van der Waals surface area (Å²) in [5.41, 5.74) is 1.42. The quantitative estimate of drug-likeness (QED) is 0.917. The van der Waals surface area contributed by atoms with Gasteiger partial charge in [-0.1, -0.05) is 12.1 Å². The van der Waals surface area contributed by atoms with E-state index in [4.69, 9.17) is 4.74 Å². The minimum absolute atomic E-state index is 0.0250. The highest BCUT2D eigenvalue weighted by molar-refractivity contribution is 5.81. The number of imidazole rings is 1. The number of aryl methyl sites for hydroxylation is 1. The van der Waals surface area contributed by atoms with E-state index in [9.17, 15) is 9.59 Å². The molecular weight excluding hydrogens is 282 g/mol. The molecule has 118 valence electrons. The van der Waals surface area contributed by atoms with Crippen LogP contribution in [0.25, 0.3) is 11.0 Å². The Morgan fingerprint density at radius 2 is 2.14 bits per heavy atom. The molecule has 0 aliphatic carbocycles. The van der Waals surface area contributed by atoms with Crippen LogP contribution in [0.2, 0.25) is 0 Å². The van der Waals surface area contributed by atoms with E-state index in [-0.39, 0.29) is 30.3 Å². The molecule has 2 heterocycles. The van der Waals surface area contributed by atoms with Crippen LogP contribution in [0.5, 0.6) is 0 Å². The summed E-state index contributed by atoms with van der Waals surface area (Å²) < 4.78 is 8.64. The highest BCUT2D eigenvalue weighted by Crippen LogP contribution is 2.15. The van der Waals surface area contributed by atoms with Gasteiger partial charge in [-0.25, -0.2) is 4.79 Å². The molecule has 0 saturated carbocycles. The van der Waals surface area contributed by atoms with Gasteiger partial charge in [-0.05, 0) is 31.9 Å². The fourth-order valence-electron chi connectivity index (χ4n) is 3.05. The van der Waals surface area contributed by atoms with E-state index in [1.807, 2.05) is 31.2 Å². The number of nitrogens with one attached hydrogen (secondary N) is 1. The van der Waals surface area contributed by atoms with Crippen molar-refractivity contribution in [2.45, 2.75) is 38.5 Å². The van der Waals surface area contributed by atoms with Crippen molar-refractivity contribution in [1.29, 1.82) is 0 Å². The molecule has 0 bridgehead atoms. The molecule has 3 rings (SSSR count). The highest BCUT2D eigenvalue weighted by atomic mass is 16.5. The van der Waals surface area contributed by atoms with Crippen LogP contribution in [0, 0.1) is 0 Å². The van der Waals surface area contributed by atoms with E-state index < -0.39 is 0 Å². The average molecular weight is 303 g/mol. The summed E-state index contributed by atoms with van der Waals surface area (Å²) in [7, 11) is 1.72. The Balaban J connectivity index is 1.77. The second-order valence-corrected chi connectivity index (χ2v) is 5.82. The standard InChI is InChI=1S/C16H21N3O3/c1-11(14-8-5-9-22-14)17-15(20)10-19-13-7-4-3-6-12(13)18(2)16(19)21/h3-4,6-7,11,14H,5,8-10H2,1-2H3,(H,17,20)/t11-,14-/m1/s1. The number of hydrogen-bond donors (Lipinski definition) is 1. The van der Waals surface area contributed by atoms with E-state index in [1.54, 1.807) is 11.6 Å². The van der Waals surface area contributed by atoms with Crippen molar-refractivity contribution in [2.24, 2.45) is 7.05 Å². The Morgan fingerprint density at radius 3 is 2.82 bits per heavy atom. The SMILES string of the molecule is C[C@@H](NC(=O)Cn1c(=O)n(C)c2ccccc21)[C@H]1CCCO1. The van der Waals surface area contributed by atoms with E-state index in [0.717, 1.165) is 30.5 Å². The summed E-state index contributed by atoms with van der Waals surface area (Å²) in [5.74, 6) is -0.165. The molecule has 1 aromatic carbocycles. The van der Waals surface area contributed by atoms with Gasteiger partial charge in [0.1, 0.15) is 6.54 Å². The third-order valence-electron chi connectivity index (χ3n) is 4.26. The molecule has 0 spiro atoms. The normalized spacial score (nSPS) is 19.5. The number of ether oxygens (including phenoxy) is 1. The summed E-state index contributed by atoms with van der Waals surface area (Å²) in [6.07, 6.45) is 2.08. The summed E-state index contributed by atoms with van der Waals surface area (Å²) in [6.45, 7) is 2.73. The van der Waals surface area contributed by atoms with Crippen LogP contribution in [0.15, 0.2) is 29.1 Å². The van der Waals surface area contributed by atoms with E-state index in [0.29, 0.717) is 0 Å². The van der Waals surface area contributed by atoms with Gasteiger partial charge in [0.15, 0.2) is 0 Å². The Morgan fingerprint density at radius 1 is 1.41 bits per heavy atom. The lowest BCUT2D eigenvalue weighted by molar-refractivity contribution is -0.123. The summed E-state index contributed by atoms with van der Waals surface area (Å²) >= 11 is 0. The number of nitrogens with zero attached hydrogens (tertiary/aromatic N) is 2. The van der Waals surface area contributed by atoms with Crippen molar-refractivity contribution in [3.63, 3.8) is 0 Å². The van der Waals surface area contributed by atoms with Gasteiger partial charge in [-0.15, -0.1) is 0 Å². The third kappa shape index (κ3) is 2.66. The first kappa shape index (κ1) is 14.8. The van der Waals surface area contributed by atoms with Crippen molar-refractivity contribution in [3.8, 4) is 0 Å². The summed E-state index contributed by atoms with van der Waals surface area (Å²) in [4.78, 5) is 24.5. The first-order valence-electron chi connectivity index (χ1n) is 7.63. The number of carbonyl (C=O) groups excluding carboxylic acids is 1. The molecule has 1 aromatic heterocycles. The monoisotopic (exact) mass is 303 g/mol. The molecule has 0 radical (unpaired) electrons. The van der Waals surface area contributed by atoms with Gasteiger partial charge >= 0.3 is 5.69 Å². The number of amides is 1. The number of aromatic nitrogens is 2. The number of fused-ring (bicyclic) bond motifs is 1. The lowest BCUT2D eigenvalue weighted by Gasteiger charge is -2.20. The van der Waals surface area contributed by atoms with Crippen LogP contribution in [-0.4, -0.2) is 33.8 Å². The second-order valence-electron chi connectivity index (χ2n) is 5.82. The van der Waals surface area contributed by atoms with Crippen molar-refractivity contribution in [1.82, 2.24) is 14.5 Å². The fraction of sp³-hybridized carbons (Fsp3) is 0.500. The Kier molecular flexibility index (Phi) is 4.02. The van der Waals surface area contributed by atoms with Gasteiger partial charge < -0.3 is 10.1 Å². The van der Waals surface area contributed by atoms with E-state index >= 15 is 0 Å². The van der Waals surface area contributed by atoms with Crippen molar-refractivity contribution in [2.75, 3.05) is 6.61 Å². The summed E-state index contributed by atoms with van der Waals surface area (Å²) in [5, 5.41) is 2.94. The second kappa shape index (κ2) is 5.96. The first-order chi connectivity index (χ1) is 10.6. The van der Waals surface area contributed by atoms with Crippen LogP contribution < -0.4 is 11.0 Å². The number of rotatable bonds is 4. The fourth-order valence-corrected chi connectivity index (χ4v) is 3.05. The van der Waals surface area contributed by atoms with Crippen LogP contribution >= 0.6 is 0 Å². The molecular formula is C16H21N3O3. The lowest BCUT2D eigenvalue weighted by Crippen LogP contribution is -2.43. The van der Waals surface area contributed by atoms with Crippen molar-refractivity contribution >= 4 is 16.9 Å². The summed E-state index contributed by atoms with van der Waals surface area (Å²) in [6, 6.07) is 7.44. The maximum atomic E-state index is 12.3. The zero-order valence-corrected chi connectivity index (χ0v) is 12.9.